The van der Waals surface area contributed by atoms with Crippen LogP contribution in [-0.2, 0) is 13.0 Å². The minimum absolute atomic E-state index is 0.246. The van der Waals surface area contributed by atoms with Gasteiger partial charge in [-0.1, -0.05) is 18.2 Å². The number of para-hydroxylation sites is 1. The Hall–Kier alpha value is -2.03. The van der Waals surface area contributed by atoms with E-state index in [1.807, 2.05) is 0 Å². The topological polar surface area (TPSA) is 21.3 Å². The molecule has 2 aromatic rings. The Labute approximate surface area is 105 Å². The van der Waals surface area contributed by atoms with Crippen molar-refractivity contribution in [3.8, 4) is 5.75 Å². The molecule has 0 radical (unpaired) electrons. The predicted octanol–water partition coefficient (Wildman–Crippen LogP) is 3.37. The molecule has 18 heavy (non-hydrogen) atoms. The molecular formula is C15H14FNO. The molecule has 0 amide bonds. The van der Waals surface area contributed by atoms with Crippen LogP contribution in [0.4, 0.5) is 10.1 Å². The summed E-state index contributed by atoms with van der Waals surface area (Å²) in [6, 6.07) is 12.3. The Morgan fingerprint density at radius 2 is 1.94 bits per heavy atom. The first kappa shape index (κ1) is 11.1. The van der Waals surface area contributed by atoms with E-state index in [1.165, 1.54) is 23.4 Å². The Bertz CT molecular complexity index is 551. The quantitative estimate of drug-likeness (QED) is 0.892. The van der Waals surface area contributed by atoms with Gasteiger partial charge in [0.25, 0.3) is 0 Å². The van der Waals surface area contributed by atoms with Crippen molar-refractivity contribution < 1.29 is 9.13 Å². The van der Waals surface area contributed by atoms with Gasteiger partial charge in [-0.2, -0.15) is 0 Å². The van der Waals surface area contributed by atoms with Crippen molar-refractivity contribution in [2.24, 2.45) is 0 Å². The third-order valence-corrected chi connectivity index (χ3v) is 3.14. The van der Waals surface area contributed by atoms with E-state index in [0.717, 1.165) is 18.5 Å². The molecule has 0 bridgehead atoms. The molecule has 3 heteroatoms. The average molecular weight is 243 g/mol. The summed E-state index contributed by atoms with van der Waals surface area (Å²) in [7, 11) is 0. The zero-order valence-corrected chi connectivity index (χ0v) is 9.95. The molecule has 2 nitrogen and oxygen atoms in total. The molecule has 0 unspecified atom stereocenters. The second-order valence-corrected chi connectivity index (χ2v) is 4.37. The number of rotatable bonds is 3. The fraction of sp³-hybridized carbons (Fsp3) is 0.200. The molecule has 2 aromatic carbocycles. The Kier molecular flexibility index (Phi) is 2.89. The van der Waals surface area contributed by atoms with Crippen LogP contribution in [-0.4, -0.2) is 6.54 Å². The molecule has 1 aliphatic heterocycles. The van der Waals surface area contributed by atoms with E-state index in [0.29, 0.717) is 12.4 Å². The van der Waals surface area contributed by atoms with Crippen LogP contribution >= 0.6 is 0 Å². The number of anilines is 1. The van der Waals surface area contributed by atoms with Crippen LogP contribution in [0.15, 0.2) is 42.5 Å². The third kappa shape index (κ3) is 2.16. The van der Waals surface area contributed by atoms with Crippen molar-refractivity contribution in [1.82, 2.24) is 0 Å². The number of hydrogen-bond acceptors (Lipinski definition) is 2. The summed E-state index contributed by atoms with van der Waals surface area (Å²) >= 11 is 0. The smallest absolute Gasteiger partial charge is 0.123 e. The number of nitrogens with one attached hydrogen (secondary N) is 1. The van der Waals surface area contributed by atoms with Crippen molar-refractivity contribution in [3.05, 3.63) is 59.4 Å². The van der Waals surface area contributed by atoms with E-state index < -0.39 is 0 Å². The first-order valence-corrected chi connectivity index (χ1v) is 6.06. The van der Waals surface area contributed by atoms with Crippen molar-refractivity contribution in [1.29, 1.82) is 0 Å². The van der Waals surface area contributed by atoms with E-state index in [1.54, 1.807) is 12.1 Å². The Morgan fingerprint density at radius 3 is 2.78 bits per heavy atom. The first-order valence-electron chi connectivity index (χ1n) is 6.06. The molecule has 0 atom stereocenters. The standard InChI is InChI=1S/C15H14FNO/c16-13-4-6-14(7-5-13)18-10-12-3-1-2-11-8-9-17-15(11)12/h1-7,17H,8-10H2. The second-order valence-electron chi connectivity index (χ2n) is 4.37. The Morgan fingerprint density at radius 1 is 1.11 bits per heavy atom. The van der Waals surface area contributed by atoms with Gasteiger partial charge in [0.15, 0.2) is 0 Å². The van der Waals surface area contributed by atoms with Crippen LogP contribution in [0.1, 0.15) is 11.1 Å². The highest BCUT2D eigenvalue weighted by Crippen LogP contribution is 2.27. The van der Waals surface area contributed by atoms with Gasteiger partial charge in [-0.15, -0.1) is 0 Å². The summed E-state index contributed by atoms with van der Waals surface area (Å²) in [5, 5.41) is 3.37. The normalized spacial score (nSPS) is 12.9. The van der Waals surface area contributed by atoms with E-state index in [4.69, 9.17) is 4.74 Å². The summed E-state index contributed by atoms with van der Waals surface area (Å²) in [5.74, 6) is 0.441. The molecule has 0 fully saturated rings. The van der Waals surface area contributed by atoms with Gasteiger partial charge < -0.3 is 10.1 Å². The van der Waals surface area contributed by atoms with Crippen LogP contribution in [0, 0.1) is 5.82 Å². The lowest BCUT2D eigenvalue weighted by molar-refractivity contribution is 0.306. The molecule has 1 heterocycles. The average Bonchev–Trinajstić information content (AvgIpc) is 2.87. The lowest BCUT2D eigenvalue weighted by Gasteiger charge is -2.10. The first-order chi connectivity index (χ1) is 8.83. The van der Waals surface area contributed by atoms with Crippen molar-refractivity contribution >= 4 is 5.69 Å². The fourth-order valence-corrected chi connectivity index (χ4v) is 2.22. The summed E-state index contributed by atoms with van der Waals surface area (Å²) in [5.41, 5.74) is 3.68. The molecule has 3 rings (SSSR count). The van der Waals surface area contributed by atoms with Crippen molar-refractivity contribution in [3.63, 3.8) is 0 Å². The largest absolute Gasteiger partial charge is 0.489 e. The number of halogens is 1. The highest BCUT2D eigenvalue weighted by atomic mass is 19.1. The lowest BCUT2D eigenvalue weighted by atomic mass is 10.1. The fourth-order valence-electron chi connectivity index (χ4n) is 2.22. The molecule has 1 N–H and O–H groups in total. The number of benzene rings is 2. The van der Waals surface area contributed by atoms with E-state index in [-0.39, 0.29) is 5.82 Å². The number of fused-ring (bicyclic) bond motifs is 1. The van der Waals surface area contributed by atoms with Crippen molar-refractivity contribution in [2.45, 2.75) is 13.0 Å². The minimum atomic E-state index is -0.246. The molecule has 92 valence electrons. The van der Waals surface area contributed by atoms with Gasteiger partial charge in [0.1, 0.15) is 18.2 Å². The van der Waals surface area contributed by atoms with Crippen LogP contribution in [0.5, 0.6) is 5.75 Å². The van der Waals surface area contributed by atoms with E-state index in [9.17, 15) is 4.39 Å². The van der Waals surface area contributed by atoms with Crippen LogP contribution in [0.25, 0.3) is 0 Å². The highest BCUT2D eigenvalue weighted by molar-refractivity contribution is 5.61. The summed E-state index contributed by atoms with van der Waals surface area (Å²) in [6.07, 6.45) is 1.07. The monoisotopic (exact) mass is 243 g/mol. The van der Waals surface area contributed by atoms with Gasteiger partial charge in [-0.05, 0) is 36.2 Å². The molecule has 0 saturated carbocycles. The maximum absolute atomic E-state index is 12.8. The number of hydrogen-bond donors (Lipinski definition) is 1. The summed E-state index contributed by atoms with van der Waals surface area (Å²) in [4.78, 5) is 0. The lowest BCUT2D eigenvalue weighted by Crippen LogP contribution is -2.00. The van der Waals surface area contributed by atoms with Gasteiger partial charge >= 0.3 is 0 Å². The zero-order chi connectivity index (χ0) is 12.4. The van der Waals surface area contributed by atoms with E-state index >= 15 is 0 Å². The minimum Gasteiger partial charge on any atom is -0.489 e. The SMILES string of the molecule is Fc1ccc(OCc2cccc3c2NCC3)cc1. The van der Waals surface area contributed by atoms with Crippen LogP contribution in [0.2, 0.25) is 0 Å². The molecule has 1 aliphatic rings. The summed E-state index contributed by atoms with van der Waals surface area (Å²) < 4.78 is 18.4. The van der Waals surface area contributed by atoms with Gasteiger partial charge in [0, 0.05) is 17.8 Å². The molecule has 0 aliphatic carbocycles. The molecule has 0 spiro atoms. The molecule has 0 saturated heterocycles. The van der Waals surface area contributed by atoms with Gasteiger partial charge in [-0.25, -0.2) is 4.39 Å². The van der Waals surface area contributed by atoms with Crippen LogP contribution in [0.3, 0.4) is 0 Å². The predicted molar refractivity (Wildman–Crippen MR) is 69.4 cm³/mol. The number of ether oxygens (including phenoxy) is 1. The van der Waals surface area contributed by atoms with Crippen molar-refractivity contribution in [2.75, 3.05) is 11.9 Å². The summed E-state index contributed by atoms with van der Waals surface area (Å²) in [6.45, 7) is 1.49. The third-order valence-electron chi connectivity index (χ3n) is 3.14. The maximum Gasteiger partial charge on any atom is 0.123 e. The van der Waals surface area contributed by atoms with Gasteiger partial charge in [-0.3, -0.25) is 0 Å². The van der Waals surface area contributed by atoms with Gasteiger partial charge in [0.2, 0.25) is 0 Å². The van der Waals surface area contributed by atoms with Crippen LogP contribution < -0.4 is 10.1 Å². The van der Waals surface area contributed by atoms with Gasteiger partial charge in [0.05, 0.1) is 0 Å². The highest BCUT2D eigenvalue weighted by Gasteiger charge is 2.13. The molecular weight excluding hydrogens is 229 g/mol. The second kappa shape index (κ2) is 4.69. The van der Waals surface area contributed by atoms with E-state index in [2.05, 4.69) is 23.5 Å². The maximum atomic E-state index is 12.8. The zero-order valence-electron chi connectivity index (χ0n) is 9.95. The Balaban J connectivity index is 1.74. The molecule has 0 aromatic heterocycles.